The number of anilines is 1. The van der Waals surface area contributed by atoms with Gasteiger partial charge in [-0.25, -0.2) is 4.39 Å². The number of halogens is 1. The van der Waals surface area contributed by atoms with E-state index in [-0.39, 0.29) is 23.7 Å². The van der Waals surface area contributed by atoms with Gasteiger partial charge < -0.3 is 19.9 Å². The van der Waals surface area contributed by atoms with Gasteiger partial charge in [0.25, 0.3) is 0 Å². The molecule has 2 aliphatic rings. The van der Waals surface area contributed by atoms with E-state index in [0.29, 0.717) is 49.3 Å². The van der Waals surface area contributed by atoms with E-state index < -0.39 is 0 Å². The molecule has 4 heterocycles. The highest BCUT2D eigenvalue weighted by Crippen LogP contribution is 2.34. The first-order valence-corrected chi connectivity index (χ1v) is 12.3. The highest BCUT2D eigenvalue weighted by molar-refractivity contribution is 5.77. The van der Waals surface area contributed by atoms with E-state index in [1.54, 1.807) is 19.4 Å². The Balaban J connectivity index is 1.28. The number of rotatable bonds is 8. The number of ether oxygens (including phenoxy) is 1. The van der Waals surface area contributed by atoms with Gasteiger partial charge in [0, 0.05) is 48.9 Å². The molecule has 0 spiro atoms. The lowest BCUT2D eigenvalue weighted by Crippen LogP contribution is -2.47. The predicted molar refractivity (Wildman–Crippen MR) is 132 cm³/mol. The number of likely N-dealkylation sites (tertiary alicyclic amines) is 1. The van der Waals surface area contributed by atoms with Crippen molar-refractivity contribution >= 4 is 11.9 Å². The Kier molecular flexibility index (Phi) is 7.13. The molecule has 190 valence electrons. The van der Waals surface area contributed by atoms with Crippen LogP contribution in [-0.4, -0.2) is 58.7 Å². The third-order valence-electron chi connectivity index (χ3n) is 7.35. The Hall–Kier alpha value is -3.53. The van der Waals surface area contributed by atoms with Crippen LogP contribution in [0, 0.1) is 17.7 Å². The van der Waals surface area contributed by atoms with Crippen molar-refractivity contribution in [2.24, 2.45) is 17.6 Å². The number of hydrogen-bond acceptors (Lipinski definition) is 8. The number of carbonyl (C=O) groups excluding carboxylic acids is 1. The molecule has 10 heteroatoms. The van der Waals surface area contributed by atoms with Crippen LogP contribution in [-0.2, 0) is 11.3 Å². The third-order valence-corrected chi connectivity index (χ3v) is 7.35. The zero-order chi connectivity index (χ0) is 25.1. The molecule has 3 atom stereocenters. The fraction of sp³-hybridized carbons (Fsp3) is 0.462. The summed E-state index contributed by atoms with van der Waals surface area (Å²) in [7, 11) is 1.62. The molecule has 2 fully saturated rings. The van der Waals surface area contributed by atoms with Gasteiger partial charge in [0.2, 0.25) is 11.7 Å². The lowest BCUT2D eigenvalue weighted by Gasteiger charge is -2.38. The van der Waals surface area contributed by atoms with Gasteiger partial charge in [0.05, 0.1) is 13.3 Å². The molecule has 0 saturated carbocycles. The topological polar surface area (TPSA) is 111 Å². The number of nitrogens with two attached hydrogens (primary N) is 1. The average molecular weight is 495 g/mol. The minimum atomic E-state index is -0.271. The number of carbonyl (C=O) groups is 1. The summed E-state index contributed by atoms with van der Waals surface area (Å²) in [5.41, 5.74) is 7.18. The fourth-order valence-electron chi connectivity index (χ4n) is 5.38. The van der Waals surface area contributed by atoms with Crippen molar-refractivity contribution in [3.05, 3.63) is 54.1 Å². The second-order valence-electron chi connectivity index (χ2n) is 9.69. The summed E-state index contributed by atoms with van der Waals surface area (Å²) in [6.07, 6.45) is 6.09. The molecule has 2 N–H and O–H groups in total. The summed E-state index contributed by atoms with van der Waals surface area (Å²) in [6.45, 7) is 2.97. The van der Waals surface area contributed by atoms with Gasteiger partial charge in [0.15, 0.2) is 0 Å². The average Bonchev–Trinajstić information content (AvgIpc) is 3.55. The Morgan fingerprint density at radius 3 is 2.81 bits per heavy atom. The van der Waals surface area contributed by atoms with Crippen molar-refractivity contribution in [3.63, 3.8) is 0 Å². The minimum Gasteiger partial charge on any atom is -0.497 e. The second kappa shape index (κ2) is 10.6. The van der Waals surface area contributed by atoms with Crippen molar-refractivity contribution in [2.75, 3.05) is 31.6 Å². The normalized spacial score (nSPS) is 22.6. The number of pyridine rings is 1. The van der Waals surface area contributed by atoms with Gasteiger partial charge in [-0.15, -0.1) is 0 Å². The van der Waals surface area contributed by atoms with Crippen LogP contribution in [0.2, 0.25) is 0 Å². The van der Waals surface area contributed by atoms with Crippen LogP contribution in [0.3, 0.4) is 0 Å². The number of benzene rings is 1. The van der Waals surface area contributed by atoms with Gasteiger partial charge >= 0.3 is 6.01 Å². The first-order chi connectivity index (χ1) is 17.5. The highest BCUT2D eigenvalue weighted by Gasteiger charge is 2.36. The maximum Gasteiger partial charge on any atom is 0.324 e. The number of primary amides is 1. The Labute approximate surface area is 209 Å². The first kappa shape index (κ1) is 24.2. The van der Waals surface area contributed by atoms with Crippen LogP contribution in [0.15, 0.2) is 47.2 Å². The summed E-state index contributed by atoms with van der Waals surface area (Å²) in [5.74, 6) is 0.984. The molecular weight excluding hydrogens is 463 g/mol. The number of piperidine rings is 1. The highest BCUT2D eigenvalue weighted by atomic mass is 19.1. The molecule has 1 aromatic carbocycles. The van der Waals surface area contributed by atoms with Crippen LogP contribution in [0.5, 0.6) is 5.75 Å². The summed E-state index contributed by atoms with van der Waals surface area (Å²) >= 11 is 0. The van der Waals surface area contributed by atoms with Gasteiger partial charge in [-0.3, -0.25) is 14.7 Å². The van der Waals surface area contributed by atoms with Crippen molar-refractivity contribution in [3.8, 4) is 17.1 Å². The molecule has 3 unspecified atom stereocenters. The maximum absolute atomic E-state index is 14.1. The molecule has 0 bridgehead atoms. The molecule has 0 aliphatic carbocycles. The quantitative estimate of drug-likeness (QED) is 0.508. The van der Waals surface area contributed by atoms with Crippen LogP contribution in [0.1, 0.15) is 31.2 Å². The number of amides is 1. The molecule has 0 radical (unpaired) electrons. The first-order valence-electron chi connectivity index (χ1n) is 12.3. The molecule has 36 heavy (non-hydrogen) atoms. The zero-order valence-corrected chi connectivity index (χ0v) is 20.3. The Bertz CT molecular complexity index is 1190. The van der Waals surface area contributed by atoms with E-state index in [4.69, 9.17) is 15.0 Å². The monoisotopic (exact) mass is 494 g/mol. The lowest BCUT2D eigenvalue weighted by atomic mass is 9.85. The summed E-state index contributed by atoms with van der Waals surface area (Å²) < 4.78 is 25.0. The molecule has 1 amide bonds. The molecular formula is C26H31FN6O3. The van der Waals surface area contributed by atoms with Gasteiger partial charge in [0.1, 0.15) is 11.6 Å². The Morgan fingerprint density at radius 2 is 2.06 bits per heavy atom. The van der Waals surface area contributed by atoms with Crippen LogP contribution in [0.4, 0.5) is 10.4 Å². The van der Waals surface area contributed by atoms with Crippen molar-refractivity contribution in [1.29, 1.82) is 0 Å². The number of nitrogens with zero attached hydrogens (tertiary/aromatic N) is 5. The summed E-state index contributed by atoms with van der Waals surface area (Å²) in [5, 5.41) is 4.20. The summed E-state index contributed by atoms with van der Waals surface area (Å²) in [6, 6.07) is 9.75. The van der Waals surface area contributed by atoms with Crippen LogP contribution >= 0.6 is 0 Å². The van der Waals surface area contributed by atoms with Crippen molar-refractivity contribution < 1.29 is 18.4 Å². The SMILES string of the molecule is COc1ccc(-c2noc(N3CCC(C(N)=O)CC3CC3CCN(Cc4ccncc4F)C3)n2)cc1. The van der Waals surface area contributed by atoms with E-state index in [1.165, 1.54) is 6.20 Å². The van der Waals surface area contributed by atoms with E-state index in [2.05, 4.69) is 24.9 Å². The number of aromatic nitrogens is 3. The molecule has 2 aliphatic heterocycles. The molecule has 2 saturated heterocycles. The molecule has 3 aromatic rings. The van der Waals surface area contributed by atoms with E-state index in [9.17, 15) is 9.18 Å². The zero-order valence-electron chi connectivity index (χ0n) is 20.3. The number of methoxy groups -OCH3 is 1. The van der Waals surface area contributed by atoms with Crippen LogP contribution in [0.25, 0.3) is 11.4 Å². The fourth-order valence-corrected chi connectivity index (χ4v) is 5.38. The molecule has 5 rings (SSSR count). The van der Waals surface area contributed by atoms with Crippen LogP contribution < -0.4 is 15.4 Å². The predicted octanol–water partition coefficient (Wildman–Crippen LogP) is 3.26. The Morgan fingerprint density at radius 1 is 1.22 bits per heavy atom. The maximum atomic E-state index is 14.1. The smallest absolute Gasteiger partial charge is 0.324 e. The van der Waals surface area contributed by atoms with Crippen molar-refractivity contribution in [2.45, 2.75) is 38.3 Å². The number of hydrogen-bond donors (Lipinski definition) is 1. The largest absolute Gasteiger partial charge is 0.497 e. The molecule has 9 nitrogen and oxygen atoms in total. The van der Waals surface area contributed by atoms with Gasteiger partial charge in [-0.2, -0.15) is 4.98 Å². The van der Waals surface area contributed by atoms with Gasteiger partial charge in [-0.1, -0.05) is 5.16 Å². The van der Waals surface area contributed by atoms with Crippen molar-refractivity contribution in [1.82, 2.24) is 20.0 Å². The van der Waals surface area contributed by atoms with E-state index in [0.717, 1.165) is 37.2 Å². The standard InChI is InChI=1S/C26H31FN6O3/c1-35-22-4-2-18(3-5-22)25-30-26(36-31-25)33-11-8-19(24(28)34)13-21(33)12-17-7-10-32(15-17)16-20-6-9-29-14-23(20)27/h2-6,9,14,17,19,21H,7-8,10-13,15-16H2,1H3,(H2,28,34). The third kappa shape index (κ3) is 5.33. The van der Waals surface area contributed by atoms with E-state index in [1.807, 2.05) is 24.3 Å². The van der Waals surface area contributed by atoms with Gasteiger partial charge in [-0.05, 0) is 68.5 Å². The minimum absolute atomic E-state index is 0.0584. The summed E-state index contributed by atoms with van der Waals surface area (Å²) in [4.78, 5) is 24.9. The second-order valence-corrected chi connectivity index (χ2v) is 9.69. The molecule has 2 aromatic heterocycles. The van der Waals surface area contributed by atoms with E-state index >= 15 is 0 Å². The lowest BCUT2D eigenvalue weighted by molar-refractivity contribution is -0.122.